The Balaban J connectivity index is 1.77. The van der Waals surface area contributed by atoms with Crippen molar-refractivity contribution in [2.75, 3.05) is 11.9 Å². The molecule has 0 bridgehead atoms. The highest BCUT2D eigenvalue weighted by Crippen LogP contribution is 2.36. The Bertz CT molecular complexity index is 869. The van der Waals surface area contributed by atoms with Gasteiger partial charge < -0.3 is 10.1 Å². The fourth-order valence-corrected chi connectivity index (χ4v) is 2.68. The Morgan fingerprint density at radius 1 is 1.08 bits per heavy atom. The molecule has 0 aliphatic carbocycles. The molecule has 0 saturated heterocycles. The Kier molecular flexibility index (Phi) is 5.16. The van der Waals surface area contributed by atoms with Crippen LogP contribution in [0.3, 0.4) is 0 Å². The smallest absolute Gasteiger partial charge is 0.255 e. The molecule has 1 N–H and O–H groups in total. The first-order valence-corrected chi connectivity index (χ1v) is 8.07. The van der Waals surface area contributed by atoms with Crippen molar-refractivity contribution in [3.63, 3.8) is 0 Å². The molecular formula is C18H12Cl2N2O3. The van der Waals surface area contributed by atoms with E-state index in [4.69, 9.17) is 27.9 Å². The molecule has 1 heterocycles. The number of anilines is 1. The maximum absolute atomic E-state index is 12.2. The molecular weight excluding hydrogens is 363 g/mol. The number of halogens is 2. The lowest BCUT2D eigenvalue weighted by Crippen LogP contribution is -2.15. The average molecular weight is 375 g/mol. The van der Waals surface area contributed by atoms with Crippen LogP contribution in [-0.2, 0) is 4.79 Å². The second kappa shape index (κ2) is 7.51. The van der Waals surface area contributed by atoms with Gasteiger partial charge in [0.25, 0.3) is 5.91 Å². The highest BCUT2D eigenvalue weighted by Gasteiger charge is 2.15. The molecule has 1 amide bonds. The molecule has 0 atom stereocenters. The van der Waals surface area contributed by atoms with Crippen LogP contribution in [-0.4, -0.2) is 24.1 Å². The van der Waals surface area contributed by atoms with Gasteiger partial charge in [0, 0.05) is 17.3 Å². The number of nitrogens with one attached hydrogen (secondary N) is 1. The van der Waals surface area contributed by atoms with Crippen LogP contribution in [0, 0.1) is 0 Å². The monoisotopic (exact) mass is 374 g/mol. The Morgan fingerprint density at radius 3 is 2.36 bits per heavy atom. The van der Waals surface area contributed by atoms with Gasteiger partial charge in [-0.1, -0.05) is 41.4 Å². The number of ketones is 1. The maximum Gasteiger partial charge on any atom is 0.255 e. The largest absolute Gasteiger partial charge is 0.436 e. The van der Waals surface area contributed by atoms with Gasteiger partial charge in [-0.3, -0.25) is 9.59 Å². The lowest BCUT2D eigenvalue weighted by molar-refractivity contribution is -0.113. The van der Waals surface area contributed by atoms with E-state index in [1.807, 2.05) is 6.07 Å². The molecule has 0 spiro atoms. The standard InChI is InChI=1S/C18H12Cl2N2O3/c19-14-8-12(22-18(24)11-4-2-1-3-5-11)9-15(20)17(14)25-16-7-6-13(23)10-21-16/h1-9H,10H2,(H,22,24). The summed E-state index contributed by atoms with van der Waals surface area (Å²) in [7, 11) is 0. The first-order chi connectivity index (χ1) is 12.0. The number of ether oxygens (including phenoxy) is 1. The molecule has 1 aliphatic heterocycles. The summed E-state index contributed by atoms with van der Waals surface area (Å²) in [6, 6.07) is 11.8. The van der Waals surface area contributed by atoms with Crippen LogP contribution in [0.15, 0.2) is 59.6 Å². The van der Waals surface area contributed by atoms with Crippen molar-refractivity contribution < 1.29 is 14.3 Å². The van der Waals surface area contributed by atoms with Gasteiger partial charge in [-0.25, -0.2) is 4.99 Å². The predicted molar refractivity (Wildman–Crippen MR) is 97.9 cm³/mol. The predicted octanol–water partition coefficient (Wildman–Crippen LogP) is 4.16. The molecule has 5 nitrogen and oxygen atoms in total. The van der Waals surface area contributed by atoms with E-state index in [0.29, 0.717) is 11.3 Å². The molecule has 0 fully saturated rings. The van der Waals surface area contributed by atoms with Crippen molar-refractivity contribution in [2.24, 2.45) is 4.99 Å². The van der Waals surface area contributed by atoms with E-state index < -0.39 is 0 Å². The van der Waals surface area contributed by atoms with E-state index in [9.17, 15) is 9.59 Å². The van der Waals surface area contributed by atoms with E-state index in [-0.39, 0.29) is 39.9 Å². The van der Waals surface area contributed by atoms with Crippen LogP contribution in [0.5, 0.6) is 5.75 Å². The van der Waals surface area contributed by atoms with Crippen molar-refractivity contribution in [1.29, 1.82) is 0 Å². The van der Waals surface area contributed by atoms with Gasteiger partial charge in [-0.2, -0.15) is 0 Å². The van der Waals surface area contributed by atoms with Gasteiger partial charge in [-0.15, -0.1) is 0 Å². The quantitative estimate of drug-likeness (QED) is 0.876. The summed E-state index contributed by atoms with van der Waals surface area (Å²) in [5.74, 6) is 0.0614. The zero-order valence-corrected chi connectivity index (χ0v) is 14.3. The molecule has 0 saturated carbocycles. The van der Waals surface area contributed by atoms with E-state index in [2.05, 4.69) is 10.3 Å². The molecule has 0 aromatic heterocycles. The third kappa shape index (κ3) is 4.26. The maximum atomic E-state index is 12.2. The van der Waals surface area contributed by atoms with Crippen LogP contribution >= 0.6 is 23.2 Å². The lowest BCUT2D eigenvalue weighted by atomic mass is 10.2. The minimum absolute atomic E-state index is 0.0201. The van der Waals surface area contributed by atoms with Crippen molar-refractivity contribution in [2.45, 2.75) is 0 Å². The van der Waals surface area contributed by atoms with Crippen LogP contribution in [0.1, 0.15) is 10.4 Å². The number of hydrogen-bond donors (Lipinski definition) is 1. The second-order valence-corrected chi connectivity index (χ2v) is 5.96. The average Bonchev–Trinajstić information content (AvgIpc) is 2.60. The number of nitrogens with zero attached hydrogens (tertiary/aromatic N) is 1. The van der Waals surface area contributed by atoms with Crippen LogP contribution in [0.4, 0.5) is 5.69 Å². The van der Waals surface area contributed by atoms with E-state index in [1.165, 1.54) is 24.3 Å². The van der Waals surface area contributed by atoms with Gasteiger partial charge >= 0.3 is 0 Å². The highest BCUT2D eigenvalue weighted by molar-refractivity contribution is 6.38. The zero-order valence-electron chi connectivity index (χ0n) is 12.8. The number of aliphatic imine (C=N–C) groups is 1. The molecule has 0 unspecified atom stereocenters. The summed E-state index contributed by atoms with van der Waals surface area (Å²) < 4.78 is 5.54. The number of dihydropyridines is 1. The molecule has 1 aliphatic rings. The Morgan fingerprint density at radius 2 is 1.76 bits per heavy atom. The van der Waals surface area contributed by atoms with E-state index in [1.54, 1.807) is 24.3 Å². The summed E-state index contributed by atoms with van der Waals surface area (Å²) in [4.78, 5) is 27.3. The topological polar surface area (TPSA) is 67.8 Å². The number of rotatable bonds is 3. The third-order valence-electron chi connectivity index (χ3n) is 3.30. The molecule has 2 aromatic rings. The van der Waals surface area contributed by atoms with Crippen molar-refractivity contribution in [1.82, 2.24) is 0 Å². The van der Waals surface area contributed by atoms with Crippen LogP contribution in [0.25, 0.3) is 0 Å². The van der Waals surface area contributed by atoms with Crippen molar-refractivity contribution in [3.05, 3.63) is 70.2 Å². The zero-order chi connectivity index (χ0) is 17.8. The first kappa shape index (κ1) is 17.2. The summed E-state index contributed by atoms with van der Waals surface area (Å²) in [5, 5.41) is 3.15. The normalized spacial score (nSPS) is 13.4. The Labute approximate surface area is 153 Å². The first-order valence-electron chi connectivity index (χ1n) is 7.31. The number of hydrogen-bond acceptors (Lipinski definition) is 4. The third-order valence-corrected chi connectivity index (χ3v) is 3.86. The van der Waals surface area contributed by atoms with Gasteiger partial charge in [-0.05, 0) is 30.3 Å². The lowest BCUT2D eigenvalue weighted by Gasteiger charge is -2.13. The highest BCUT2D eigenvalue weighted by atomic mass is 35.5. The fourth-order valence-electron chi connectivity index (χ4n) is 2.12. The summed E-state index contributed by atoms with van der Waals surface area (Å²) in [6.45, 7) is 0.0201. The van der Waals surface area contributed by atoms with Gasteiger partial charge in [0.15, 0.2) is 11.5 Å². The van der Waals surface area contributed by atoms with E-state index >= 15 is 0 Å². The van der Waals surface area contributed by atoms with Crippen molar-refractivity contribution >= 4 is 46.5 Å². The van der Waals surface area contributed by atoms with Crippen LogP contribution < -0.4 is 10.1 Å². The number of benzene rings is 2. The minimum Gasteiger partial charge on any atom is -0.436 e. The van der Waals surface area contributed by atoms with Gasteiger partial charge in [0.2, 0.25) is 5.90 Å². The minimum atomic E-state index is -0.278. The van der Waals surface area contributed by atoms with Gasteiger partial charge in [0.1, 0.15) is 6.54 Å². The molecule has 25 heavy (non-hydrogen) atoms. The van der Waals surface area contributed by atoms with Gasteiger partial charge in [0.05, 0.1) is 10.0 Å². The summed E-state index contributed by atoms with van der Waals surface area (Å²) >= 11 is 12.4. The summed E-state index contributed by atoms with van der Waals surface area (Å²) in [6.07, 6.45) is 2.82. The molecule has 126 valence electrons. The van der Waals surface area contributed by atoms with Crippen LogP contribution in [0.2, 0.25) is 10.0 Å². The number of carbonyl (C=O) groups excluding carboxylic acids is 2. The SMILES string of the molecule is O=C1C=CC(Oc2c(Cl)cc(NC(=O)c3ccccc3)cc2Cl)=NC1. The number of carbonyl (C=O) groups is 2. The summed E-state index contributed by atoms with van der Waals surface area (Å²) in [5.41, 5.74) is 0.953. The van der Waals surface area contributed by atoms with E-state index in [0.717, 1.165) is 0 Å². The number of amides is 1. The van der Waals surface area contributed by atoms with Crippen molar-refractivity contribution in [3.8, 4) is 5.75 Å². The Hall–Kier alpha value is -2.63. The molecule has 2 aromatic carbocycles. The fraction of sp³-hybridized carbons (Fsp3) is 0.0556. The second-order valence-electron chi connectivity index (χ2n) is 5.15. The molecule has 7 heteroatoms. The molecule has 0 radical (unpaired) electrons. The molecule has 3 rings (SSSR count).